The van der Waals surface area contributed by atoms with Gasteiger partial charge in [-0.05, 0) is 128 Å². The molecule has 3 atom stereocenters. The van der Waals surface area contributed by atoms with Crippen LogP contribution in [0.5, 0.6) is 0 Å². The average Bonchev–Trinajstić information content (AvgIpc) is 3.22. The lowest BCUT2D eigenvalue weighted by molar-refractivity contribution is 0.348. The van der Waals surface area contributed by atoms with Gasteiger partial charge in [0.05, 0.1) is 0 Å². The van der Waals surface area contributed by atoms with Gasteiger partial charge in [-0.1, -0.05) is 133 Å². The molecule has 0 heterocycles. The zero-order valence-corrected chi connectivity index (χ0v) is 23.6. The van der Waals surface area contributed by atoms with Crippen LogP contribution >= 0.6 is 0 Å². The SMILES string of the molecule is [2H]C1C(c2ccccc2-c2cccc3c2ccc2ccccc23)=C2C(c3cccc4ccccc34)=C3C([2H])([2H])C([2H])([2H])C([2H])([2H])C([2H])([2H])C3([2H])C([2H])([2H])C2([2H])C([2H])([2H])C1([2H])[2H]. The van der Waals surface area contributed by atoms with Crippen molar-refractivity contribution >= 4 is 43.5 Å². The predicted octanol–water partition coefficient (Wildman–Crippen LogP) is 12.4. The summed E-state index contributed by atoms with van der Waals surface area (Å²) in [7, 11) is 0. The van der Waals surface area contributed by atoms with Gasteiger partial charge in [-0.3, -0.25) is 0 Å². The van der Waals surface area contributed by atoms with Crippen LogP contribution in [0.15, 0.2) is 132 Å². The van der Waals surface area contributed by atoms with E-state index in [0.29, 0.717) is 16.5 Å². The zero-order chi connectivity index (χ0) is 44.3. The Morgan fingerprint density at radius 3 is 2.07 bits per heavy atom. The van der Waals surface area contributed by atoms with Crippen molar-refractivity contribution in [2.45, 2.75) is 51.0 Å². The van der Waals surface area contributed by atoms with E-state index in [1.807, 2.05) is 48.5 Å². The number of benzene rings is 6. The van der Waals surface area contributed by atoms with E-state index in [1.165, 1.54) is 18.2 Å². The van der Waals surface area contributed by atoms with Crippen molar-refractivity contribution in [3.63, 3.8) is 0 Å². The van der Waals surface area contributed by atoms with Crippen LogP contribution in [0.4, 0.5) is 0 Å². The van der Waals surface area contributed by atoms with Crippen molar-refractivity contribution in [2.75, 3.05) is 0 Å². The van der Waals surface area contributed by atoms with E-state index < -0.39 is 85.1 Å². The third-order valence-electron chi connectivity index (χ3n) is 8.72. The Morgan fingerprint density at radius 1 is 0.500 bits per heavy atom. The number of rotatable bonds is 3. The molecular weight excluding hydrogens is 528 g/mol. The van der Waals surface area contributed by atoms with Gasteiger partial charge < -0.3 is 0 Å². The summed E-state index contributed by atoms with van der Waals surface area (Å²) in [5, 5.41) is 4.23. The first-order valence-electron chi connectivity index (χ1n) is 23.3. The lowest BCUT2D eigenvalue weighted by Crippen LogP contribution is -2.27. The van der Waals surface area contributed by atoms with Gasteiger partial charge in [-0.15, -0.1) is 0 Å². The Balaban J connectivity index is 1.56. The maximum Gasteiger partial charge on any atom is 0.0353 e. The molecule has 214 valence electrons. The fraction of sp³-hybridized carbons (Fsp3) is 0.227. The van der Waals surface area contributed by atoms with Crippen LogP contribution in [0.25, 0.3) is 54.6 Å². The second-order valence-electron chi connectivity index (χ2n) is 11.1. The molecule has 1 saturated carbocycles. The Labute approximate surface area is 284 Å². The molecule has 44 heavy (non-hydrogen) atoms. The Hall–Kier alpha value is -4.42. The molecule has 0 amide bonds. The Morgan fingerprint density at radius 2 is 1.16 bits per heavy atom. The summed E-state index contributed by atoms with van der Waals surface area (Å²) in [5.74, 6) is -7.67. The van der Waals surface area contributed by atoms with Crippen LogP contribution < -0.4 is 0 Å². The third-order valence-corrected chi connectivity index (χ3v) is 8.72. The maximum atomic E-state index is 10.4. The molecule has 0 bridgehead atoms. The second kappa shape index (κ2) is 10.6. The molecule has 3 aliphatic carbocycles. The topological polar surface area (TPSA) is 0 Å². The Bertz CT molecular complexity index is 2920. The first kappa shape index (κ1) is 14.1. The van der Waals surface area contributed by atoms with Gasteiger partial charge in [-0.2, -0.15) is 0 Å². The van der Waals surface area contributed by atoms with E-state index in [4.69, 9.17) is 5.48 Å². The van der Waals surface area contributed by atoms with Crippen LogP contribution in [-0.2, 0) is 0 Å². The highest BCUT2D eigenvalue weighted by Crippen LogP contribution is 2.56. The van der Waals surface area contributed by atoms with E-state index >= 15 is 0 Å². The minimum Gasteiger partial charge on any atom is -0.0616 e. The lowest BCUT2D eigenvalue weighted by Gasteiger charge is -2.42. The average molecular weight is 584 g/mol. The molecule has 0 nitrogen and oxygen atoms in total. The molecule has 0 heteroatoms. The summed E-state index contributed by atoms with van der Waals surface area (Å²) in [4.78, 5) is 0. The lowest BCUT2D eigenvalue weighted by atomic mass is 9.62. The number of allylic oxidation sites excluding steroid dienone is 4. The number of fused-ring (bicyclic) bond motifs is 6. The van der Waals surface area contributed by atoms with Crippen LogP contribution in [-0.4, -0.2) is 0 Å². The summed E-state index contributed by atoms with van der Waals surface area (Å²) in [5.41, 5.74) is -2.12. The molecule has 0 radical (unpaired) electrons. The fourth-order valence-electron chi connectivity index (χ4n) is 6.80. The highest BCUT2D eigenvalue weighted by atomic mass is 14.4. The standard InChI is InChI=1S/C44H38/c1-5-18-34-29(12-1)15-9-24-41(34)44-35-19-6-3-14-31(35)28-32-16-10-25-42(43(32)44)39-21-8-7-20-37(39)38-23-11-22-36-33-17-4-2-13-30(33)26-27-40(36)38/h1-2,4-5,7-9,11-13,15,17-18,20-24,26-27,31-32H,3,6,10,14,16,19,25,28H2/i3D2,6D2,10D2,14D2,16D2,19D2,25D,28D2,31D,32D. The van der Waals surface area contributed by atoms with Crippen molar-refractivity contribution in [2.24, 2.45) is 11.8 Å². The molecule has 6 aromatic rings. The number of hydrogen-bond acceptors (Lipinski definition) is 0. The van der Waals surface area contributed by atoms with Crippen molar-refractivity contribution in [1.29, 1.82) is 0 Å². The van der Waals surface area contributed by atoms with Crippen LogP contribution in [0.3, 0.4) is 0 Å². The summed E-state index contributed by atoms with van der Waals surface area (Å²) in [6.07, 6.45) is -29.2. The quantitative estimate of drug-likeness (QED) is 0.182. The molecule has 9 rings (SSSR count). The van der Waals surface area contributed by atoms with Gasteiger partial charge in [0.1, 0.15) is 0 Å². The van der Waals surface area contributed by atoms with Gasteiger partial charge in [0.2, 0.25) is 0 Å². The molecule has 3 unspecified atom stereocenters. The molecular formula is C44H38. The molecule has 0 aliphatic heterocycles. The third kappa shape index (κ3) is 4.11. The summed E-state index contributed by atoms with van der Waals surface area (Å²) in [6, 6.07) is 34.8. The summed E-state index contributed by atoms with van der Waals surface area (Å²) >= 11 is 0. The van der Waals surface area contributed by atoms with E-state index in [-0.39, 0.29) is 16.5 Å². The van der Waals surface area contributed by atoms with Crippen molar-refractivity contribution in [1.82, 2.24) is 0 Å². The normalized spacial score (nSPS) is 39.0. The second-order valence-corrected chi connectivity index (χ2v) is 11.1. The van der Waals surface area contributed by atoms with Crippen molar-refractivity contribution in [3.8, 4) is 11.1 Å². The summed E-state index contributed by atoms with van der Waals surface area (Å²) in [6.45, 7) is 0. The van der Waals surface area contributed by atoms with E-state index in [1.54, 1.807) is 54.6 Å². The van der Waals surface area contributed by atoms with Gasteiger partial charge in [0, 0.05) is 23.3 Å². The zero-order valence-electron chi connectivity index (χ0n) is 40.6. The molecule has 3 aliphatic rings. The minimum absolute atomic E-state index is 0.0542. The fourth-order valence-corrected chi connectivity index (χ4v) is 6.80. The largest absolute Gasteiger partial charge is 0.0616 e. The first-order chi connectivity index (χ1) is 28.3. The molecule has 1 fully saturated rings. The van der Waals surface area contributed by atoms with Gasteiger partial charge in [0.15, 0.2) is 0 Å². The molecule has 0 aromatic heterocycles. The van der Waals surface area contributed by atoms with Crippen LogP contribution in [0.1, 0.15) is 85.4 Å². The van der Waals surface area contributed by atoms with Crippen LogP contribution in [0.2, 0.25) is 0 Å². The molecule has 0 spiro atoms. The predicted molar refractivity (Wildman–Crippen MR) is 189 cm³/mol. The molecule has 0 saturated heterocycles. The first-order valence-corrected chi connectivity index (χ1v) is 14.7. The van der Waals surface area contributed by atoms with Crippen LogP contribution in [0, 0.1) is 11.8 Å². The molecule has 0 N–H and O–H groups in total. The van der Waals surface area contributed by atoms with Gasteiger partial charge in [-0.25, -0.2) is 0 Å². The van der Waals surface area contributed by atoms with Crippen molar-refractivity contribution in [3.05, 3.63) is 144 Å². The van der Waals surface area contributed by atoms with E-state index in [9.17, 15) is 17.8 Å². The molecule has 6 aromatic carbocycles. The van der Waals surface area contributed by atoms with Gasteiger partial charge >= 0.3 is 0 Å². The number of hydrogen-bond donors (Lipinski definition) is 0. The van der Waals surface area contributed by atoms with E-state index in [0.717, 1.165) is 21.5 Å². The Kier molecular flexibility index (Phi) is 3.41. The smallest absolute Gasteiger partial charge is 0.0353 e. The monoisotopic (exact) mass is 583 g/mol. The highest BCUT2D eigenvalue weighted by Gasteiger charge is 2.38. The highest BCUT2D eigenvalue weighted by molar-refractivity contribution is 6.13. The van der Waals surface area contributed by atoms with Gasteiger partial charge in [0.25, 0.3) is 0 Å². The van der Waals surface area contributed by atoms with Crippen molar-refractivity contribution < 1.29 is 23.3 Å². The minimum atomic E-state index is -4.07. The van der Waals surface area contributed by atoms with E-state index in [2.05, 4.69) is 0 Å². The summed E-state index contributed by atoms with van der Waals surface area (Å²) < 4.78 is 161. The maximum absolute atomic E-state index is 10.4.